The van der Waals surface area contributed by atoms with Gasteiger partial charge in [-0.25, -0.2) is 0 Å². The lowest BCUT2D eigenvalue weighted by molar-refractivity contribution is 0.169. The molecule has 1 aromatic carbocycles. The van der Waals surface area contributed by atoms with Crippen molar-refractivity contribution in [3.63, 3.8) is 0 Å². The normalized spacial score (nSPS) is 20.6. The Balaban J connectivity index is 2.15. The predicted molar refractivity (Wildman–Crippen MR) is 79.1 cm³/mol. The maximum Gasteiger partial charge on any atom is 0.164 e. The van der Waals surface area contributed by atoms with E-state index in [9.17, 15) is 0 Å². The van der Waals surface area contributed by atoms with Crippen molar-refractivity contribution in [1.82, 2.24) is 0 Å². The van der Waals surface area contributed by atoms with E-state index in [1.807, 2.05) is 6.07 Å². The first-order valence-corrected chi connectivity index (χ1v) is 7.76. The van der Waals surface area contributed by atoms with Crippen LogP contribution < -0.4 is 15.2 Å². The number of hydrogen-bond acceptors (Lipinski definition) is 3. The monoisotopic (exact) mass is 325 g/mol. The van der Waals surface area contributed by atoms with Crippen LogP contribution >= 0.6 is 15.9 Å². The van der Waals surface area contributed by atoms with Crippen LogP contribution in [-0.4, -0.2) is 19.8 Å². The highest BCUT2D eigenvalue weighted by Gasteiger charge is 2.38. The Hall–Kier alpha value is -0.740. The van der Waals surface area contributed by atoms with E-state index in [0.717, 1.165) is 16.0 Å². The molecule has 2 aliphatic rings. The molecule has 2 N–H and O–H groups in total. The van der Waals surface area contributed by atoms with Gasteiger partial charge < -0.3 is 15.2 Å². The summed E-state index contributed by atoms with van der Waals surface area (Å²) < 4.78 is 12.6. The Morgan fingerprint density at radius 3 is 2.63 bits per heavy atom. The minimum Gasteiger partial charge on any atom is -0.486 e. The van der Waals surface area contributed by atoms with Gasteiger partial charge in [0.1, 0.15) is 13.2 Å². The molecule has 0 unspecified atom stereocenters. The zero-order chi connectivity index (χ0) is 13.5. The van der Waals surface area contributed by atoms with Crippen LogP contribution in [0.25, 0.3) is 0 Å². The van der Waals surface area contributed by atoms with Gasteiger partial charge in [0.2, 0.25) is 0 Å². The lowest BCUT2D eigenvalue weighted by Crippen LogP contribution is -2.33. The van der Waals surface area contributed by atoms with E-state index in [-0.39, 0.29) is 5.41 Å². The topological polar surface area (TPSA) is 44.5 Å². The van der Waals surface area contributed by atoms with Crippen LogP contribution in [-0.2, 0) is 5.41 Å². The molecule has 3 nitrogen and oxygen atoms in total. The minimum atomic E-state index is 0.110. The first-order chi connectivity index (χ1) is 9.18. The summed E-state index contributed by atoms with van der Waals surface area (Å²) in [5.41, 5.74) is 8.75. The third kappa shape index (κ3) is 2.05. The molecule has 1 aliphatic heterocycles. The number of fused-ring (bicyclic) bond motifs is 1. The van der Waals surface area contributed by atoms with E-state index < -0.39 is 0 Å². The van der Waals surface area contributed by atoms with E-state index in [4.69, 9.17) is 15.2 Å². The van der Waals surface area contributed by atoms with Gasteiger partial charge in [0.15, 0.2) is 11.5 Å². The van der Waals surface area contributed by atoms with E-state index in [1.54, 1.807) is 0 Å². The van der Waals surface area contributed by atoms with Gasteiger partial charge in [0.25, 0.3) is 0 Å². The van der Waals surface area contributed by atoms with E-state index in [2.05, 4.69) is 22.9 Å². The summed E-state index contributed by atoms with van der Waals surface area (Å²) in [6, 6.07) is 2.05. The SMILES string of the molecule is Cc1c2c(cc(Br)c1C1(CN)CCCC1)OCCO2. The molecule has 0 bridgehead atoms. The number of halogens is 1. The predicted octanol–water partition coefficient (Wildman–Crippen LogP) is 3.30. The van der Waals surface area contributed by atoms with Crippen molar-refractivity contribution in [2.24, 2.45) is 5.73 Å². The van der Waals surface area contributed by atoms with E-state index in [0.29, 0.717) is 19.8 Å². The fourth-order valence-electron chi connectivity index (χ4n) is 3.57. The van der Waals surface area contributed by atoms with Gasteiger partial charge in [-0.1, -0.05) is 28.8 Å². The van der Waals surface area contributed by atoms with Gasteiger partial charge in [0, 0.05) is 16.4 Å². The zero-order valence-electron chi connectivity index (χ0n) is 11.3. The van der Waals surface area contributed by atoms with Crippen LogP contribution in [0.3, 0.4) is 0 Å². The molecule has 0 aromatic heterocycles. The Kier molecular flexibility index (Phi) is 3.48. The molecule has 0 saturated heterocycles. The lowest BCUT2D eigenvalue weighted by atomic mass is 9.76. The molecule has 1 aliphatic carbocycles. The molecule has 3 rings (SSSR count). The highest BCUT2D eigenvalue weighted by atomic mass is 79.9. The summed E-state index contributed by atoms with van der Waals surface area (Å²) in [5.74, 6) is 1.76. The third-order valence-corrected chi connectivity index (χ3v) is 5.13. The molecule has 0 atom stereocenters. The molecule has 1 aromatic rings. The number of hydrogen-bond donors (Lipinski definition) is 1. The van der Waals surface area contributed by atoms with Crippen molar-refractivity contribution in [1.29, 1.82) is 0 Å². The van der Waals surface area contributed by atoms with Crippen molar-refractivity contribution >= 4 is 15.9 Å². The average molecular weight is 326 g/mol. The summed E-state index contributed by atoms with van der Waals surface area (Å²) in [7, 11) is 0. The maximum absolute atomic E-state index is 6.12. The Bertz CT molecular complexity index is 495. The summed E-state index contributed by atoms with van der Waals surface area (Å²) in [5, 5.41) is 0. The fraction of sp³-hybridized carbons (Fsp3) is 0.600. The number of rotatable bonds is 2. The van der Waals surface area contributed by atoms with Crippen LogP contribution in [0.15, 0.2) is 10.5 Å². The van der Waals surface area contributed by atoms with Gasteiger partial charge in [-0.3, -0.25) is 0 Å². The number of benzene rings is 1. The molecule has 19 heavy (non-hydrogen) atoms. The minimum absolute atomic E-state index is 0.110. The van der Waals surface area contributed by atoms with Crippen molar-refractivity contribution < 1.29 is 9.47 Å². The molecule has 1 heterocycles. The average Bonchev–Trinajstić information content (AvgIpc) is 2.88. The summed E-state index contributed by atoms with van der Waals surface area (Å²) in [4.78, 5) is 0. The quantitative estimate of drug-likeness (QED) is 0.907. The number of nitrogens with two attached hydrogens (primary N) is 1. The summed E-state index contributed by atoms with van der Waals surface area (Å²) in [6.45, 7) is 4.08. The first-order valence-electron chi connectivity index (χ1n) is 6.97. The van der Waals surface area contributed by atoms with Gasteiger partial charge in [0.05, 0.1) is 0 Å². The van der Waals surface area contributed by atoms with Crippen LogP contribution in [0.4, 0.5) is 0 Å². The zero-order valence-corrected chi connectivity index (χ0v) is 12.9. The van der Waals surface area contributed by atoms with Crippen molar-refractivity contribution in [2.45, 2.75) is 38.0 Å². The third-order valence-electron chi connectivity index (χ3n) is 4.51. The van der Waals surface area contributed by atoms with Crippen LogP contribution in [0.1, 0.15) is 36.8 Å². The lowest BCUT2D eigenvalue weighted by Gasteiger charge is -2.33. The van der Waals surface area contributed by atoms with Gasteiger partial charge in [-0.15, -0.1) is 0 Å². The van der Waals surface area contributed by atoms with Crippen LogP contribution in [0.2, 0.25) is 0 Å². The Morgan fingerprint density at radius 2 is 1.95 bits per heavy atom. The van der Waals surface area contributed by atoms with Crippen molar-refractivity contribution in [3.05, 3.63) is 21.7 Å². The molecule has 0 amide bonds. The smallest absolute Gasteiger partial charge is 0.164 e. The van der Waals surface area contributed by atoms with Crippen molar-refractivity contribution in [2.75, 3.05) is 19.8 Å². The maximum atomic E-state index is 6.12. The molecular weight excluding hydrogens is 306 g/mol. The fourth-order valence-corrected chi connectivity index (χ4v) is 4.50. The van der Waals surface area contributed by atoms with Crippen LogP contribution in [0, 0.1) is 6.92 Å². The second-order valence-electron chi connectivity index (χ2n) is 5.57. The molecule has 0 radical (unpaired) electrons. The summed E-state index contributed by atoms with van der Waals surface area (Å²) >= 11 is 3.72. The summed E-state index contributed by atoms with van der Waals surface area (Å²) in [6.07, 6.45) is 4.86. The van der Waals surface area contributed by atoms with E-state index >= 15 is 0 Å². The van der Waals surface area contributed by atoms with Gasteiger partial charge >= 0.3 is 0 Å². The molecule has 0 spiro atoms. The second kappa shape index (κ2) is 4.98. The standard InChI is InChI=1S/C15H20BrNO2/c1-10-13(15(9-17)4-2-3-5-15)11(16)8-12-14(10)19-7-6-18-12/h8H,2-7,9,17H2,1H3. The highest BCUT2D eigenvalue weighted by molar-refractivity contribution is 9.10. The van der Waals surface area contributed by atoms with Gasteiger partial charge in [-0.05, 0) is 37.0 Å². The largest absolute Gasteiger partial charge is 0.486 e. The molecule has 104 valence electrons. The molecule has 1 fully saturated rings. The highest BCUT2D eigenvalue weighted by Crippen LogP contribution is 2.49. The van der Waals surface area contributed by atoms with E-state index in [1.165, 1.54) is 36.8 Å². The Morgan fingerprint density at radius 1 is 1.26 bits per heavy atom. The molecule has 4 heteroatoms. The van der Waals surface area contributed by atoms with Crippen LogP contribution in [0.5, 0.6) is 11.5 Å². The Labute approximate surface area is 122 Å². The molecule has 1 saturated carbocycles. The second-order valence-corrected chi connectivity index (χ2v) is 6.43. The first kappa shape index (κ1) is 13.3. The number of ether oxygens (including phenoxy) is 2. The molecular formula is C15H20BrNO2. The van der Waals surface area contributed by atoms with Gasteiger partial charge in [-0.2, -0.15) is 0 Å². The van der Waals surface area contributed by atoms with Crippen molar-refractivity contribution in [3.8, 4) is 11.5 Å².